The molecule has 3 aromatic carbocycles. The van der Waals surface area contributed by atoms with E-state index in [2.05, 4.69) is 0 Å². The van der Waals surface area contributed by atoms with Gasteiger partial charge in [-0.1, -0.05) is 54.1 Å². The molecule has 3 aromatic rings. The van der Waals surface area contributed by atoms with E-state index in [1.54, 1.807) is 48.5 Å². The molecule has 1 aliphatic rings. The average Bonchev–Trinajstić information content (AvgIpc) is 2.98. The van der Waals surface area contributed by atoms with Crippen molar-refractivity contribution in [1.82, 2.24) is 10.0 Å². The molecule has 0 unspecified atom stereocenters. The zero-order valence-corrected chi connectivity index (χ0v) is 15.5. The van der Waals surface area contributed by atoms with Gasteiger partial charge in [-0.05, 0) is 42.0 Å². The van der Waals surface area contributed by atoms with Crippen molar-refractivity contribution < 1.29 is 14.4 Å². The highest BCUT2D eigenvalue weighted by Gasteiger charge is 2.41. The van der Waals surface area contributed by atoms with Gasteiger partial charge >= 0.3 is 0 Å². The van der Waals surface area contributed by atoms with Crippen LogP contribution < -0.4 is 0 Å². The van der Waals surface area contributed by atoms with Crippen LogP contribution in [0.15, 0.2) is 78.9 Å². The Labute approximate surface area is 166 Å². The minimum Gasteiger partial charge on any atom is -0.267 e. The van der Waals surface area contributed by atoms with Gasteiger partial charge in [0.2, 0.25) is 0 Å². The number of hydrogen-bond acceptors (Lipinski definition) is 3. The Hall–Kier alpha value is -3.44. The molecule has 4 rings (SSSR count). The Morgan fingerprint density at radius 1 is 0.786 bits per heavy atom. The fourth-order valence-corrected chi connectivity index (χ4v) is 3.25. The first-order valence-electron chi connectivity index (χ1n) is 8.65. The Morgan fingerprint density at radius 2 is 1.32 bits per heavy atom. The van der Waals surface area contributed by atoms with Crippen LogP contribution in [0, 0.1) is 0 Å². The lowest BCUT2D eigenvalue weighted by Crippen LogP contribution is -2.49. The van der Waals surface area contributed by atoms with Gasteiger partial charge in [0, 0.05) is 10.6 Å². The summed E-state index contributed by atoms with van der Waals surface area (Å²) in [6.45, 7) is 0.0772. The Bertz CT molecular complexity index is 1030. The van der Waals surface area contributed by atoms with Crippen molar-refractivity contribution >= 4 is 29.3 Å². The lowest BCUT2D eigenvalue weighted by atomic mass is 10.1. The second kappa shape index (κ2) is 7.29. The highest BCUT2D eigenvalue weighted by atomic mass is 35.5. The molecule has 0 N–H and O–H groups in total. The number of fused-ring (bicyclic) bond motifs is 1. The van der Waals surface area contributed by atoms with Gasteiger partial charge in [0.15, 0.2) is 0 Å². The summed E-state index contributed by atoms with van der Waals surface area (Å²) in [5, 5.41) is 2.60. The van der Waals surface area contributed by atoms with Crippen LogP contribution in [-0.4, -0.2) is 27.7 Å². The molecule has 0 spiro atoms. The number of rotatable bonds is 4. The summed E-state index contributed by atoms with van der Waals surface area (Å²) in [7, 11) is 0. The summed E-state index contributed by atoms with van der Waals surface area (Å²) in [4.78, 5) is 39.1. The minimum atomic E-state index is -0.515. The molecular formula is C22H15ClN2O3. The van der Waals surface area contributed by atoms with Crippen molar-refractivity contribution in [2.45, 2.75) is 6.54 Å². The van der Waals surface area contributed by atoms with Gasteiger partial charge in [-0.15, -0.1) is 0 Å². The first kappa shape index (κ1) is 17.9. The molecule has 0 aliphatic carbocycles. The van der Waals surface area contributed by atoms with Crippen LogP contribution in [0.2, 0.25) is 5.02 Å². The van der Waals surface area contributed by atoms with E-state index in [9.17, 15) is 14.4 Å². The van der Waals surface area contributed by atoms with E-state index in [-0.39, 0.29) is 17.7 Å². The molecule has 0 fully saturated rings. The van der Waals surface area contributed by atoms with Gasteiger partial charge in [-0.2, -0.15) is 5.01 Å². The molecule has 0 bridgehead atoms. The molecule has 5 nitrogen and oxygen atoms in total. The summed E-state index contributed by atoms with van der Waals surface area (Å²) in [5.41, 5.74) is 1.70. The summed E-state index contributed by atoms with van der Waals surface area (Å²) < 4.78 is 0. The SMILES string of the molecule is O=C(c1ccc(Cl)cc1)N(Cc1ccccc1)N1C(=O)c2ccccc2C1=O. The molecule has 1 aliphatic heterocycles. The molecule has 138 valence electrons. The van der Waals surface area contributed by atoms with E-state index >= 15 is 0 Å². The van der Waals surface area contributed by atoms with Crippen LogP contribution in [0.3, 0.4) is 0 Å². The van der Waals surface area contributed by atoms with Crippen molar-refractivity contribution in [2.75, 3.05) is 0 Å². The van der Waals surface area contributed by atoms with Crippen molar-refractivity contribution in [1.29, 1.82) is 0 Å². The number of amides is 3. The number of hydrogen-bond donors (Lipinski definition) is 0. The van der Waals surface area contributed by atoms with Gasteiger partial charge in [0.1, 0.15) is 0 Å². The molecule has 0 atom stereocenters. The Kier molecular flexibility index (Phi) is 4.67. The van der Waals surface area contributed by atoms with Crippen molar-refractivity contribution in [3.05, 3.63) is 106 Å². The van der Waals surface area contributed by atoms with E-state index in [0.29, 0.717) is 10.6 Å². The van der Waals surface area contributed by atoms with E-state index in [1.165, 1.54) is 5.01 Å². The largest absolute Gasteiger partial charge is 0.280 e. The second-order valence-corrected chi connectivity index (χ2v) is 6.76. The number of nitrogens with zero attached hydrogens (tertiary/aromatic N) is 2. The maximum Gasteiger partial charge on any atom is 0.280 e. The molecule has 6 heteroatoms. The molecule has 0 aromatic heterocycles. The smallest absolute Gasteiger partial charge is 0.267 e. The van der Waals surface area contributed by atoms with Gasteiger partial charge in [0.25, 0.3) is 17.7 Å². The number of halogens is 1. The van der Waals surface area contributed by atoms with E-state index in [1.807, 2.05) is 30.3 Å². The van der Waals surface area contributed by atoms with Crippen molar-refractivity contribution in [3.63, 3.8) is 0 Å². The summed E-state index contributed by atoms with van der Waals surface area (Å²) in [5.74, 6) is -1.49. The molecule has 0 radical (unpaired) electrons. The monoisotopic (exact) mass is 390 g/mol. The predicted molar refractivity (Wildman–Crippen MR) is 105 cm³/mol. The summed E-state index contributed by atoms with van der Waals surface area (Å²) >= 11 is 5.92. The zero-order valence-electron chi connectivity index (χ0n) is 14.7. The van der Waals surface area contributed by atoms with E-state index in [0.717, 1.165) is 10.6 Å². The van der Waals surface area contributed by atoms with Gasteiger partial charge in [-0.3, -0.25) is 14.4 Å². The topological polar surface area (TPSA) is 57.7 Å². The predicted octanol–water partition coefficient (Wildman–Crippen LogP) is 4.19. The molecule has 0 saturated carbocycles. The molecule has 28 heavy (non-hydrogen) atoms. The molecule has 1 heterocycles. The lowest BCUT2D eigenvalue weighted by molar-refractivity contribution is 0.000871. The maximum atomic E-state index is 13.2. The van der Waals surface area contributed by atoms with Gasteiger partial charge in [-0.25, -0.2) is 5.01 Å². The quantitative estimate of drug-likeness (QED) is 0.627. The molecular weight excluding hydrogens is 376 g/mol. The highest BCUT2D eigenvalue weighted by Crippen LogP contribution is 2.26. The standard InChI is InChI=1S/C22H15ClN2O3/c23-17-12-10-16(11-13-17)20(26)24(14-15-6-2-1-3-7-15)25-21(27)18-8-4-5-9-19(18)22(25)28/h1-13H,14H2. The lowest BCUT2D eigenvalue weighted by Gasteiger charge is -2.30. The van der Waals surface area contributed by atoms with Crippen molar-refractivity contribution in [2.24, 2.45) is 0 Å². The van der Waals surface area contributed by atoms with Crippen LogP contribution in [0.5, 0.6) is 0 Å². The van der Waals surface area contributed by atoms with E-state index in [4.69, 9.17) is 11.6 Å². The van der Waals surface area contributed by atoms with Gasteiger partial charge in [0.05, 0.1) is 17.7 Å². The fourth-order valence-electron chi connectivity index (χ4n) is 3.13. The highest BCUT2D eigenvalue weighted by molar-refractivity contribution is 6.30. The second-order valence-electron chi connectivity index (χ2n) is 6.32. The Balaban J connectivity index is 1.75. The number of carbonyl (C=O) groups is 3. The normalized spacial score (nSPS) is 12.8. The summed E-state index contributed by atoms with van der Waals surface area (Å²) in [6.07, 6.45) is 0. The van der Waals surface area contributed by atoms with E-state index < -0.39 is 17.7 Å². The number of benzene rings is 3. The first-order valence-corrected chi connectivity index (χ1v) is 9.03. The zero-order chi connectivity index (χ0) is 19.7. The van der Waals surface area contributed by atoms with Crippen LogP contribution in [0.1, 0.15) is 36.6 Å². The van der Waals surface area contributed by atoms with Crippen LogP contribution in [-0.2, 0) is 6.54 Å². The number of hydrazine groups is 1. The molecule has 3 amide bonds. The van der Waals surface area contributed by atoms with Gasteiger partial charge < -0.3 is 0 Å². The first-order chi connectivity index (χ1) is 13.6. The number of imide groups is 1. The fraction of sp³-hybridized carbons (Fsp3) is 0.0455. The molecule has 0 saturated heterocycles. The minimum absolute atomic E-state index is 0.0772. The number of carbonyl (C=O) groups excluding carboxylic acids is 3. The summed E-state index contributed by atoms with van der Waals surface area (Å²) in [6, 6.07) is 22.1. The van der Waals surface area contributed by atoms with Crippen LogP contribution in [0.4, 0.5) is 0 Å². The Morgan fingerprint density at radius 3 is 1.89 bits per heavy atom. The third kappa shape index (κ3) is 3.17. The van der Waals surface area contributed by atoms with Crippen LogP contribution >= 0.6 is 11.6 Å². The van der Waals surface area contributed by atoms with Crippen LogP contribution in [0.25, 0.3) is 0 Å². The van der Waals surface area contributed by atoms with Crippen molar-refractivity contribution in [3.8, 4) is 0 Å². The average molecular weight is 391 g/mol. The third-order valence-corrected chi connectivity index (χ3v) is 4.77. The third-order valence-electron chi connectivity index (χ3n) is 4.51. The maximum absolute atomic E-state index is 13.2.